The lowest BCUT2D eigenvalue weighted by Crippen LogP contribution is -2.24. The molecule has 0 spiro atoms. The molecule has 0 amide bonds. The normalized spacial score (nSPS) is 12.1. The number of aliphatic hydroxyl groups is 1. The Labute approximate surface area is 125 Å². The van der Waals surface area contributed by atoms with Crippen LogP contribution in [0.15, 0.2) is 54.6 Å². The van der Waals surface area contributed by atoms with Gasteiger partial charge in [-0.2, -0.15) is 0 Å². The molecule has 2 N–H and O–H groups in total. The Kier molecular flexibility index (Phi) is 6.22. The van der Waals surface area contributed by atoms with Crippen molar-refractivity contribution in [2.75, 3.05) is 26.8 Å². The SMILES string of the molecule is COCCNCC(O)c1cccc(Oc2ccccc2)c1. The Hall–Kier alpha value is -1.88. The van der Waals surface area contributed by atoms with E-state index in [1.807, 2.05) is 54.6 Å². The third-order valence-electron chi connectivity index (χ3n) is 3.04. The van der Waals surface area contributed by atoms with Gasteiger partial charge < -0.3 is 19.9 Å². The van der Waals surface area contributed by atoms with Crippen LogP contribution in [-0.4, -0.2) is 31.9 Å². The highest BCUT2D eigenvalue weighted by molar-refractivity contribution is 5.34. The maximum Gasteiger partial charge on any atom is 0.127 e. The second-order valence-corrected chi connectivity index (χ2v) is 4.70. The summed E-state index contributed by atoms with van der Waals surface area (Å²) < 4.78 is 10.7. The van der Waals surface area contributed by atoms with Gasteiger partial charge in [0.2, 0.25) is 0 Å². The van der Waals surface area contributed by atoms with Crippen LogP contribution in [0.3, 0.4) is 0 Å². The maximum absolute atomic E-state index is 10.2. The molecule has 21 heavy (non-hydrogen) atoms. The number of aliphatic hydroxyl groups excluding tert-OH is 1. The van der Waals surface area contributed by atoms with Crippen LogP contribution in [0, 0.1) is 0 Å². The molecule has 0 radical (unpaired) electrons. The Morgan fingerprint density at radius 1 is 1.05 bits per heavy atom. The van der Waals surface area contributed by atoms with Crippen LogP contribution < -0.4 is 10.1 Å². The highest BCUT2D eigenvalue weighted by Crippen LogP contribution is 2.24. The first-order valence-corrected chi connectivity index (χ1v) is 7.00. The summed E-state index contributed by atoms with van der Waals surface area (Å²) in [6.45, 7) is 1.83. The lowest BCUT2D eigenvalue weighted by molar-refractivity contribution is 0.161. The Morgan fingerprint density at radius 2 is 1.81 bits per heavy atom. The zero-order valence-electron chi connectivity index (χ0n) is 12.2. The minimum atomic E-state index is -0.568. The van der Waals surface area contributed by atoms with Gasteiger partial charge in [-0.3, -0.25) is 0 Å². The molecule has 1 atom stereocenters. The van der Waals surface area contributed by atoms with E-state index in [0.717, 1.165) is 17.1 Å². The van der Waals surface area contributed by atoms with Crippen LogP contribution in [0.4, 0.5) is 0 Å². The van der Waals surface area contributed by atoms with E-state index in [0.29, 0.717) is 19.7 Å². The number of nitrogens with one attached hydrogen (secondary N) is 1. The van der Waals surface area contributed by atoms with Gasteiger partial charge >= 0.3 is 0 Å². The van der Waals surface area contributed by atoms with Gasteiger partial charge in [-0.25, -0.2) is 0 Å². The van der Waals surface area contributed by atoms with E-state index in [2.05, 4.69) is 5.32 Å². The van der Waals surface area contributed by atoms with Crippen molar-refractivity contribution in [3.63, 3.8) is 0 Å². The predicted molar refractivity (Wildman–Crippen MR) is 82.7 cm³/mol. The smallest absolute Gasteiger partial charge is 0.127 e. The van der Waals surface area contributed by atoms with Gasteiger partial charge in [-0.15, -0.1) is 0 Å². The third-order valence-corrected chi connectivity index (χ3v) is 3.04. The molecule has 2 aromatic carbocycles. The van der Waals surface area contributed by atoms with Crippen molar-refractivity contribution in [1.82, 2.24) is 5.32 Å². The fourth-order valence-electron chi connectivity index (χ4n) is 1.94. The van der Waals surface area contributed by atoms with E-state index in [9.17, 15) is 5.11 Å². The van der Waals surface area contributed by atoms with Crippen LogP contribution in [-0.2, 0) is 4.74 Å². The maximum atomic E-state index is 10.2. The van der Waals surface area contributed by atoms with Gasteiger partial charge in [0.25, 0.3) is 0 Å². The standard InChI is InChI=1S/C17H21NO3/c1-20-11-10-18-13-17(19)14-6-5-9-16(12-14)21-15-7-3-2-4-8-15/h2-9,12,17-19H,10-11,13H2,1H3. The summed E-state index contributed by atoms with van der Waals surface area (Å²) in [5, 5.41) is 13.3. The molecule has 0 aromatic heterocycles. The summed E-state index contributed by atoms with van der Waals surface area (Å²) in [6, 6.07) is 17.1. The van der Waals surface area contributed by atoms with Gasteiger partial charge in [-0.05, 0) is 29.8 Å². The highest BCUT2D eigenvalue weighted by atomic mass is 16.5. The molecule has 0 saturated carbocycles. The van der Waals surface area contributed by atoms with E-state index in [-0.39, 0.29) is 0 Å². The zero-order chi connectivity index (χ0) is 14.9. The summed E-state index contributed by atoms with van der Waals surface area (Å²) in [4.78, 5) is 0. The van der Waals surface area contributed by atoms with Crippen LogP contribution in [0.2, 0.25) is 0 Å². The van der Waals surface area contributed by atoms with Crippen molar-refractivity contribution < 1.29 is 14.6 Å². The number of benzene rings is 2. The summed E-state index contributed by atoms with van der Waals surface area (Å²) in [7, 11) is 1.66. The van der Waals surface area contributed by atoms with Crippen molar-refractivity contribution in [2.24, 2.45) is 0 Å². The zero-order valence-corrected chi connectivity index (χ0v) is 12.2. The Balaban J connectivity index is 1.94. The van der Waals surface area contributed by atoms with Gasteiger partial charge in [0.15, 0.2) is 0 Å². The van der Waals surface area contributed by atoms with Crippen LogP contribution in [0.5, 0.6) is 11.5 Å². The largest absolute Gasteiger partial charge is 0.457 e. The van der Waals surface area contributed by atoms with E-state index < -0.39 is 6.10 Å². The molecule has 0 bridgehead atoms. The number of hydrogen-bond donors (Lipinski definition) is 2. The number of methoxy groups -OCH3 is 1. The van der Waals surface area contributed by atoms with E-state index in [4.69, 9.17) is 9.47 Å². The molecule has 0 fully saturated rings. The lowest BCUT2D eigenvalue weighted by Gasteiger charge is -2.13. The molecular formula is C17H21NO3. The minimum absolute atomic E-state index is 0.484. The topological polar surface area (TPSA) is 50.7 Å². The predicted octanol–water partition coefficient (Wildman–Crippen LogP) is 2.75. The molecule has 4 nitrogen and oxygen atoms in total. The molecule has 0 aliphatic heterocycles. The molecule has 0 saturated heterocycles. The number of rotatable bonds is 8. The third kappa shape index (κ3) is 5.19. The highest BCUT2D eigenvalue weighted by Gasteiger charge is 2.08. The fraction of sp³-hybridized carbons (Fsp3) is 0.294. The Morgan fingerprint density at radius 3 is 2.57 bits per heavy atom. The fourth-order valence-corrected chi connectivity index (χ4v) is 1.94. The average Bonchev–Trinajstić information content (AvgIpc) is 2.53. The van der Waals surface area contributed by atoms with Gasteiger partial charge in [0.05, 0.1) is 12.7 Å². The second-order valence-electron chi connectivity index (χ2n) is 4.70. The van der Waals surface area contributed by atoms with Crippen molar-refractivity contribution in [1.29, 1.82) is 0 Å². The molecule has 0 aliphatic carbocycles. The number of hydrogen-bond acceptors (Lipinski definition) is 4. The van der Waals surface area contributed by atoms with Crippen LogP contribution in [0.25, 0.3) is 0 Å². The van der Waals surface area contributed by atoms with Crippen molar-refractivity contribution >= 4 is 0 Å². The second kappa shape index (κ2) is 8.42. The molecule has 0 heterocycles. The first-order valence-electron chi connectivity index (χ1n) is 7.00. The van der Waals surface area contributed by atoms with Gasteiger partial charge in [0, 0.05) is 20.2 Å². The number of para-hydroxylation sites is 1. The molecule has 112 valence electrons. The summed E-state index contributed by atoms with van der Waals surface area (Å²) in [5.41, 5.74) is 0.827. The first kappa shape index (κ1) is 15.5. The van der Waals surface area contributed by atoms with Crippen molar-refractivity contribution in [3.8, 4) is 11.5 Å². The average molecular weight is 287 g/mol. The van der Waals surface area contributed by atoms with Crippen molar-refractivity contribution in [2.45, 2.75) is 6.10 Å². The Bertz CT molecular complexity index is 531. The molecule has 4 heteroatoms. The lowest BCUT2D eigenvalue weighted by atomic mass is 10.1. The summed E-state index contributed by atoms with van der Waals surface area (Å²) >= 11 is 0. The van der Waals surface area contributed by atoms with Crippen LogP contribution >= 0.6 is 0 Å². The first-order chi connectivity index (χ1) is 10.3. The number of ether oxygens (including phenoxy) is 2. The van der Waals surface area contributed by atoms with E-state index >= 15 is 0 Å². The van der Waals surface area contributed by atoms with Crippen molar-refractivity contribution in [3.05, 3.63) is 60.2 Å². The summed E-state index contributed by atoms with van der Waals surface area (Å²) in [5.74, 6) is 1.50. The minimum Gasteiger partial charge on any atom is -0.457 e. The quantitative estimate of drug-likeness (QED) is 0.733. The molecule has 0 aliphatic rings. The monoisotopic (exact) mass is 287 g/mol. The van der Waals surface area contributed by atoms with E-state index in [1.165, 1.54) is 0 Å². The van der Waals surface area contributed by atoms with Gasteiger partial charge in [0.1, 0.15) is 11.5 Å². The molecular weight excluding hydrogens is 266 g/mol. The molecule has 2 rings (SSSR count). The molecule has 1 unspecified atom stereocenters. The van der Waals surface area contributed by atoms with Gasteiger partial charge in [-0.1, -0.05) is 30.3 Å². The van der Waals surface area contributed by atoms with E-state index in [1.54, 1.807) is 7.11 Å². The van der Waals surface area contributed by atoms with Crippen LogP contribution in [0.1, 0.15) is 11.7 Å². The summed E-state index contributed by atoms with van der Waals surface area (Å²) in [6.07, 6.45) is -0.568. The molecule has 2 aromatic rings.